The molecule has 0 aliphatic heterocycles. The fraction of sp³-hybridized carbons (Fsp3) is 0.188. The molecule has 2 aromatic rings. The van der Waals surface area contributed by atoms with Crippen LogP contribution in [0.5, 0.6) is 17.2 Å². The molecule has 0 unspecified atom stereocenters. The Morgan fingerprint density at radius 3 is 2.04 bits per heavy atom. The predicted molar refractivity (Wildman–Crippen MR) is 88.5 cm³/mol. The molecule has 126 valence electrons. The maximum absolute atomic E-state index is 12.4. The fourth-order valence-electron chi connectivity index (χ4n) is 1.98. The topological polar surface area (TPSA) is 86.8 Å². The molecule has 1 N–H and O–H groups in total. The largest absolute Gasteiger partial charge is 0.493 e. The van der Waals surface area contributed by atoms with Gasteiger partial charge < -0.3 is 19.5 Å². The first-order chi connectivity index (χ1) is 11.5. The van der Waals surface area contributed by atoms with Gasteiger partial charge in [-0.2, -0.15) is 0 Å². The highest BCUT2D eigenvalue weighted by atomic mass is 35.5. The Balaban J connectivity index is 2.27. The number of pyridine rings is 1. The number of halogens is 1. The number of anilines is 1. The van der Waals surface area contributed by atoms with Crippen LogP contribution in [0.15, 0.2) is 30.5 Å². The first kappa shape index (κ1) is 17.6. The van der Waals surface area contributed by atoms with Crippen LogP contribution in [-0.2, 0) is 0 Å². The minimum Gasteiger partial charge on any atom is -0.493 e. The van der Waals surface area contributed by atoms with Crippen LogP contribution in [0.2, 0.25) is 0 Å². The molecule has 1 aromatic heterocycles. The van der Waals surface area contributed by atoms with Crippen LogP contribution in [0.3, 0.4) is 0 Å². The molecular formula is C16H15ClN2O5. The maximum Gasteiger partial charge on any atom is 0.257 e. The molecule has 0 aliphatic carbocycles. The van der Waals surface area contributed by atoms with E-state index in [-0.39, 0.29) is 11.4 Å². The number of benzene rings is 1. The zero-order valence-electron chi connectivity index (χ0n) is 13.3. The fourth-order valence-corrected chi connectivity index (χ4v) is 2.10. The number of amides is 1. The van der Waals surface area contributed by atoms with Gasteiger partial charge >= 0.3 is 0 Å². The summed E-state index contributed by atoms with van der Waals surface area (Å²) in [7, 11) is 4.40. The SMILES string of the molecule is COc1cc(C(=O)Nc2ccc(C(=O)Cl)cn2)cc(OC)c1OC. The summed E-state index contributed by atoms with van der Waals surface area (Å²) >= 11 is 5.35. The van der Waals surface area contributed by atoms with Gasteiger partial charge in [0.1, 0.15) is 5.82 Å². The van der Waals surface area contributed by atoms with Crippen LogP contribution in [0.1, 0.15) is 20.7 Å². The Labute approximate surface area is 143 Å². The Morgan fingerprint density at radius 2 is 1.62 bits per heavy atom. The molecular weight excluding hydrogens is 336 g/mol. The molecule has 1 heterocycles. The van der Waals surface area contributed by atoms with E-state index >= 15 is 0 Å². The van der Waals surface area contributed by atoms with E-state index in [9.17, 15) is 9.59 Å². The minimum absolute atomic E-state index is 0.238. The number of carbonyl (C=O) groups is 2. The number of nitrogens with one attached hydrogen (secondary N) is 1. The van der Waals surface area contributed by atoms with Gasteiger partial charge in [0, 0.05) is 11.8 Å². The molecule has 0 spiro atoms. The standard InChI is InChI=1S/C16H15ClN2O5/c1-22-11-6-10(7-12(23-2)14(11)24-3)16(21)19-13-5-4-9(8-18-13)15(17)20/h4-8H,1-3H3,(H,18,19,21). The average molecular weight is 351 g/mol. The van der Waals surface area contributed by atoms with Crippen molar-refractivity contribution in [3.8, 4) is 17.2 Å². The third-order valence-electron chi connectivity index (χ3n) is 3.16. The second-order valence-corrected chi connectivity index (χ2v) is 4.92. The molecule has 1 amide bonds. The number of nitrogens with zero attached hydrogens (tertiary/aromatic N) is 1. The Kier molecular flexibility index (Phi) is 5.59. The quantitative estimate of drug-likeness (QED) is 0.806. The number of aromatic nitrogens is 1. The molecule has 1 aromatic carbocycles. The van der Waals surface area contributed by atoms with Crippen molar-refractivity contribution in [1.29, 1.82) is 0 Å². The molecule has 0 fully saturated rings. The second kappa shape index (κ2) is 7.65. The summed E-state index contributed by atoms with van der Waals surface area (Å²) < 4.78 is 15.6. The lowest BCUT2D eigenvalue weighted by molar-refractivity contribution is 0.102. The summed E-state index contributed by atoms with van der Waals surface area (Å²) in [5.74, 6) is 0.956. The van der Waals surface area contributed by atoms with Gasteiger partial charge in [-0.3, -0.25) is 9.59 Å². The predicted octanol–water partition coefficient (Wildman–Crippen LogP) is 2.74. The monoisotopic (exact) mass is 350 g/mol. The van der Waals surface area contributed by atoms with Gasteiger partial charge in [0.15, 0.2) is 11.5 Å². The molecule has 8 heteroatoms. The molecule has 0 saturated carbocycles. The summed E-state index contributed by atoms with van der Waals surface area (Å²) in [6.45, 7) is 0. The van der Waals surface area contributed by atoms with Crippen molar-refractivity contribution < 1.29 is 23.8 Å². The van der Waals surface area contributed by atoms with E-state index in [2.05, 4.69) is 10.3 Å². The summed E-state index contributed by atoms with van der Waals surface area (Å²) in [6.07, 6.45) is 1.28. The van der Waals surface area contributed by atoms with Crippen LogP contribution in [0.4, 0.5) is 5.82 Å². The van der Waals surface area contributed by atoms with Gasteiger partial charge in [-0.05, 0) is 35.9 Å². The van der Waals surface area contributed by atoms with Gasteiger partial charge in [-0.15, -0.1) is 0 Å². The first-order valence-electron chi connectivity index (χ1n) is 6.77. The van der Waals surface area contributed by atoms with Crippen molar-refractivity contribution in [1.82, 2.24) is 4.98 Å². The maximum atomic E-state index is 12.4. The van der Waals surface area contributed by atoms with Crippen LogP contribution in [-0.4, -0.2) is 37.5 Å². The zero-order chi connectivity index (χ0) is 17.7. The van der Waals surface area contributed by atoms with E-state index in [1.807, 2.05) is 0 Å². The van der Waals surface area contributed by atoms with Crippen molar-refractivity contribution in [2.24, 2.45) is 0 Å². The zero-order valence-corrected chi connectivity index (χ0v) is 14.0. The number of rotatable bonds is 6. The minimum atomic E-state index is -0.620. The van der Waals surface area contributed by atoms with Gasteiger partial charge in [-0.1, -0.05) is 0 Å². The van der Waals surface area contributed by atoms with Crippen molar-refractivity contribution >= 4 is 28.6 Å². The number of methoxy groups -OCH3 is 3. The van der Waals surface area contributed by atoms with Crippen molar-refractivity contribution in [3.63, 3.8) is 0 Å². The van der Waals surface area contributed by atoms with E-state index < -0.39 is 11.1 Å². The highest BCUT2D eigenvalue weighted by molar-refractivity contribution is 6.67. The van der Waals surface area contributed by atoms with E-state index in [0.29, 0.717) is 22.8 Å². The summed E-state index contributed by atoms with van der Waals surface area (Å²) in [5, 5.41) is 1.99. The molecule has 0 radical (unpaired) electrons. The number of hydrogen-bond donors (Lipinski definition) is 1. The molecule has 0 atom stereocenters. The highest BCUT2D eigenvalue weighted by Gasteiger charge is 2.17. The van der Waals surface area contributed by atoms with Crippen LogP contribution in [0.25, 0.3) is 0 Å². The van der Waals surface area contributed by atoms with Gasteiger partial charge in [0.2, 0.25) is 5.75 Å². The van der Waals surface area contributed by atoms with Crippen LogP contribution < -0.4 is 19.5 Å². The van der Waals surface area contributed by atoms with Crippen LogP contribution in [0, 0.1) is 0 Å². The Bertz CT molecular complexity index is 737. The molecule has 2 rings (SSSR count). The van der Waals surface area contributed by atoms with Gasteiger partial charge in [0.05, 0.1) is 26.9 Å². The van der Waals surface area contributed by atoms with E-state index in [1.54, 1.807) is 0 Å². The lowest BCUT2D eigenvalue weighted by Crippen LogP contribution is -2.13. The molecule has 0 saturated heterocycles. The van der Waals surface area contributed by atoms with E-state index in [4.69, 9.17) is 25.8 Å². The molecule has 7 nitrogen and oxygen atoms in total. The van der Waals surface area contributed by atoms with Crippen molar-refractivity contribution in [3.05, 3.63) is 41.6 Å². The number of carbonyl (C=O) groups excluding carboxylic acids is 2. The smallest absolute Gasteiger partial charge is 0.257 e. The third kappa shape index (κ3) is 3.75. The van der Waals surface area contributed by atoms with E-state index in [0.717, 1.165) is 0 Å². The summed E-state index contributed by atoms with van der Waals surface area (Å²) in [5.41, 5.74) is 0.534. The first-order valence-corrected chi connectivity index (χ1v) is 7.15. The number of ether oxygens (including phenoxy) is 3. The average Bonchev–Trinajstić information content (AvgIpc) is 2.60. The number of hydrogen-bond acceptors (Lipinski definition) is 6. The molecule has 0 bridgehead atoms. The second-order valence-electron chi connectivity index (χ2n) is 4.57. The molecule has 24 heavy (non-hydrogen) atoms. The summed E-state index contributed by atoms with van der Waals surface area (Å²) in [6, 6.07) is 5.99. The lowest BCUT2D eigenvalue weighted by Gasteiger charge is -2.14. The Hall–Kier alpha value is -2.80. The van der Waals surface area contributed by atoms with Crippen molar-refractivity contribution in [2.45, 2.75) is 0 Å². The normalized spacial score (nSPS) is 10.0. The van der Waals surface area contributed by atoms with Gasteiger partial charge in [0.25, 0.3) is 11.1 Å². The third-order valence-corrected chi connectivity index (χ3v) is 3.38. The van der Waals surface area contributed by atoms with Crippen molar-refractivity contribution in [2.75, 3.05) is 26.6 Å². The highest BCUT2D eigenvalue weighted by Crippen LogP contribution is 2.38. The lowest BCUT2D eigenvalue weighted by atomic mass is 10.1. The van der Waals surface area contributed by atoms with E-state index in [1.165, 1.54) is 51.8 Å². The van der Waals surface area contributed by atoms with Gasteiger partial charge in [-0.25, -0.2) is 4.98 Å². The molecule has 0 aliphatic rings. The summed E-state index contributed by atoms with van der Waals surface area (Å²) in [4.78, 5) is 27.3. The van der Waals surface area contributed by atoms with Crippen LogP contribution >= 0.6 is 11.6 Å². The Morgan fingerprint density at radius 1 is 1.00 bits per heavy atom.